The van der Waals surface area contributed by atoms with Crippen molar-refractivity contribution >= 4 is 17.5 Å². The van der Waals surface area contributed by atoms with E-state index in [9.17, 15) is 4.79 Å². The third kappa shape index (κ3) is 4.02. The Hall–Kier alpha value is -1.06. The van der Waals surface area contributed by atoms with Gasteiger partial charge in [-0.25, -0.2) is 0 Å². The van der Waals surface area contributed by atoms with Gasteiger partial charge >= 0.3 is 0 Å². The van der Waals surface area contributed by atoms with Gasteiger partial charge in [0.2, 0.25) is 5.91 Å². The van der Waals surface area contributed by atoms with Crippen LogP contribution in [0.5, 0.6) is 0 Å². The van der Waals surface area contributed by atoms with Crippen molar-refractivity contribution in [3.63, 3.8) is 0 Å². The van der Waals surface area contributed by atoms with Crippen LogP contribution in [0, 0.1) is 0 Å². The van der Waals surface area contributed by atoms with Gasteiger partial charge in [-0.1, -0.05) is 23.7 Å². The molecule has 17 heavy (non-hydrogen) atoms. The largest absolute Gasteiger partial charge is 0.376 e. The van der Waals surface area contributed by atoms with Crippen molar-refractivity contribution in [2.45, 2.75) is 25.4 Å². The van der Waals surface area contributed by atoms with Crippen molar-refractivity contribution in [3.8, 4) is 0 Å². The summed E-state index contributed by atoms with van der Waals surface area (Å²) in [5.74, 6) is 0.0165. The number of rotatable bonds is 4. The minimum Gasteiger partial charge on any atom is -0.376 e. The Morgan fingerprint density at radius 3 is 3.12 bits per heavy atom. The van der Waals surface area contributed by atoms with E-state index in [-0.39, 0.29) is 12.0 Å². The predicted octanol–water partition coefficient (Wildman–Crippen LogP) is 2.18. The van der Waals surface area contributed by atoms with Gasteiger partial charge in [-0.15, -0.1) is 0 Å². The molecule has 1 heterocycles. The second kappa shape index (κ2) is 6.03. The van der Waals surface area contributed by atoms with E-state index in [0.717, 1.165) is 25.0 Å². The smallest absolute Gasteiger partial charge is 0.224 e. The van der Waals surface area contributed by atoms with Crippen LogP contribution in [0.1, 0.15) is 18.4 Å². The number of carbonyl (C=O) groups excluding carboxylic acids is 1. The third-order valence-corrected chi connectivity index (χ3v) is 3.04. The summed E-state index contributed by atoms with van der Waals surface area (Å²) in [5, 5.41) is 3.55. The summed E-state index contributed by atoms with van der Waals surface area (Å²) < 4.78 is 5.44. The maximum absolute atomic E-state index is 11.7. The highest BCUT2D eigenvalue weighted by atomic mass is 35.5. The molecule has 4 heteroatoms. The van der Waals surface area contributed by atoms with Crippen molar-refractivity contribution in [2.75, 3.05) is 13.2 Å². The zero-order valence-electron chi connectivity index (χ0n) is 9.62. The summed E-state index contributed by atoms with van der Waals surface area (Å²) in [4.78, 5) is 11.7. The van der Waals surface area contributed by atoms with Crippen molar-refractivity contribution in [1.29, 1.82) is 0 Å². The van der Waals surface area contributed by atoms with Gasteiger partial charge in [0.05, 0.1) is 12.5 Å². The maximum Gasteiger partial charge on any atom is 0.224 e. The van der Waals surface area contributed by atoms with E-state index in [1.165, 1.54) is 0 Å². The Morgan fingerprint density at radius 2 is 2.41 bits per heavy atom. The number of carbonyl (C=O) groups is 1. The summed E-state index contributed by atoms with van der Waals surface area (Å²) in [5.41, 5.74) is 0.933. The van der Waals surface area contributed by atoms with Crippen LogP contribution in [0.3, 0.4) is 0 Å². The van der Waals surface area contributed by atoms with E-state index in [2.05, 4.69) is 5.32 Å². The van der Waals surface area contributed by atoms with E-state index in [0.29, 0.717) is 18.0 Å². The fraction of sp³-hybridized carbons (Fsp3) is 0.462. The first-order valence-corrected chi connectivity index (χ1v) is 6.24. The molecule has 3 nitrogen and oxygen atoms in total. The average molecular weight is 254 g/mol. The minimum atomic E-state index is 0.0165. The van der Waals surface area contributed by atoms with Crippen molar-refractivity contribution in [1.82, 2.24) is 5.32 Å². The summed E-state index contributed by atoms with van der Waals surface area (Å²) in [6.45, 7) is 1.42. The third-order valence-electron chi connectivity index (χ3n) is 2.80. The van der Waals surface area contributed by atoms with Crippen LogP contribution in [0.15, 0.2) is 24.3 Å². The Bertz CT molecular complexity index is 389. The molecule has 1 aromatic rings. The van der Waals surface area contributed by atoms with Gasteiger partial charge in [0, 0.05) is 18.2 Å². The standard InChI is InChI=1S/C13H16ClNO2/c14-11-4-1-3-10(7-11)8-13(16)15-9-12-5-2-6-17-12/h1,3-4,7,12H,2,5-6,8-9H2,(H,15,16)/t12-/m0/s1. The Labute approximate surface area is 106 Å². The molecule has 1 N–H and O–H groups in total. The average Bonchev–Trinajstić information content (AvgIpc) is 2.79. The van der Waals surface area contributed by atoms with Crippen LogP contribution >= 0.6 is 11.6 Å². The molecule has 1 amide bonds. The molecular formula is C13H16ClNO2. The second-order valence-corrected chi connectivity index (χ2v) is 4.68. The lowest BCUT2D eigenvalue weighted by Gasteiger charge is -2.10. The quantitative estimate of drug-likeness (QED) is 0.893. The number of nitrogens with one attached hydrogen (secondary N) is 1. The Kier molecular flexibility index (Phi) is 4.40. The van der Waals surface area contributed by atoms with Gasteiger partial charge in [-0.3, -0.25) is 4.79 Å². The molecule has 0 aliphatic carbocycles. The van der Waals surface area contributed by atoms with Gasteiger partial charge in [-0.2, -0.15) is 0 Å². The van der Waals surface area contributed by atoms with Gasteiger partial charge in [0.15, 0.2) is 0 Å². The molecule has 0 radical (unpaired) electrons. The van der Waals surface area contributed by atoms with Crippen LogP contribution in [0.4, 0.5) is 0 Å². The first kappa shape index (κ1) is 12.4. The van der Waals surface area contributed by atoms with Crippen LogP contribution < -0.4 is 5.32 Å². The molecule has 0 bridgehead atoms. The lowest BCUT2D eigenvalue weighted by atomic mass is 10.1. The van der Waals surface area contributed by atoms with Crippen molar-refractivity contribution in [3.05, 3.63) is 34.9 Å². The first-order valence-electron chi connectivity index (χ1n) is 5.87. The molecule has 0 spiro atoms. The highest BCUT2D eigenvalue weighted by Crippen LogP contribution is 2.12. The summed E-state index contributed by atoms with van der Waals surface area (Å²) in [6, 6.07) is 7.37. The minimum absolute atomic E-state index is 0.0165. The number of halogens is 1. The molecule has 1 saturated heterocycles. The molecule has 2 rings (SSSR count). The Balaban J connectivity index is 1.76. The molecule has 92 valence electrons. The Morgan fingerprint density at radius 1 is 1.53 bits per heavy atom. The fourth-order valence-electron chi connectivity index (χ4n) is 1.93. The maximum atomic E-state index is 11.7. The van der Waals surface area contributed by atoms with Gasteiger partial charge in [0.1, 0.15) is 0 Å². The molecular weight excluding hydrogens is 238 g/mol. The van der Waals surface area contributed by atoms with E-state index in [1.54, 1.807) is 6.07 Å². The van der Waals surface area contributed by atoms with Crippen molar-refractivity contribution in [2.24, 2.45) is 0 Å². The predicted molar refractivity (Wildman–Crippen MR) is 67.1 cm³/mol. The summed E-state index contributed by atoms with van der Waals surface area (Å²) in [6.07, 6.45) is 2.69. The first-order chi connectivity index (χ1) is 8.24. The lowest BCUT2D eigenvalue weighted by molar-refractivity contribution is -0.120. The molecule has 1 aromatic carbocycles. The normalized spacial score (nSPS) is 19.2. The van der Waals surface area contributed by atoms with E-state index in [4.69, 9.17) is 16.3 Å². The number of ether oxygens (including phenoxy) is 1. The number of hydrogen-bond acceptors (Lipinski definition) is 2. The monoisotopic (exact) mass is 253 g/mol. The number of benzene rings is 1. The molecule has 1 aliphatic heterocycles. The van der Waals surface area contributed by atoms with Gasteiger partial charge in [-0.05, 0) is 30.5 Å². The molecule has 0 unspecified atom stereocenters. The molecule has 1 fully saturated rings. The number of amides is 1. The summed E-state index contributed by atoms with van der Waals surface area (Å²) >= 11 is 5.86. The highest BCUT2D eigenvalue weighted by molar-refractivity contribution is 6.30. The SMILES string of the molecule is O=C(Cc1cccc(Cl)c1)NC[C@@H]1CCCO1. The van der Waals surface area contributed by atoms with Crippen LogP contribution in [0.25, 0.3) is 0 Å². The molecule has 0 aromatic heterocycles. The zero-order chi connectivity index (χ0) is 12.1. The molecule has 1 atom stereocenters. The number of hydrogen-bond donors (Lipinski definition) is 1. The van der Waals surface area contributed by atoms with Crippen molar-refractivity contribution < 1.29 is 9.53 Å². The summed E-state index contributed by atoms with van der Waals surface area (Å²) in [7, 11) is 0. The molecule has 0 saturated carbocycles. The topological polar surface area (TPSA) is 38.3 Å². The van der Waals surface area contributed by atoms with Crippen LogP contribution in [0.2, 0.25) is 5.02 Å². The van der Waals surface area contributed by atoms with Crippen LogP contribution in [-0.4, -0.2) is 25.2 Å². The lowest BCUT2D eigenvalue weighted by Crippen LogP contribution is -2.32. The van der Waals surface area contributed by atoms with Gasteiger partial charge < -0.3 is 10.1 Å². The van der Waals surface area contributed by atoms with E-state index >= 15 is 0 Å². The molecule has 1 aliphatic rings. The zero-order valence-corrected chi connectivity index (χ0v) is 10.4. The fourth-order valence-corrected chi connectivity index (χ4v) is 2.14. The van der Waals surface area contributed by atoms with E-state index in [1.807, 2.05) is 18.2 Å². The van der Waals surface area contributed by atoms with Crippen LogP contribution in [-0.2, 0) is 16.0 Å². The van der Waals surface area contributed by atoms with Gasteiger partial charge in [0.25, 0.3) is 0 Å². The van der Waals surface area contributed by atoms with E-state index < -0.39 is 0 Å². The second-order valence-electron chi connectivity index (χ2n) is 4.25. The highest BCUT2D eigenvalue weighted by Gasteiger charge is 2.16.